The van der Waals surface area contributed by atoms with Gasteiger partial charge in [-0.2, -0.15) is 0 Å². The number of hydrogen-bond acceptors (Lipinski definition) is 6. The molecule has 162 valence electrons. The van der Waals surface area contributed by atoms with Crippen LogP contribution < -0.4 is 14.8 Å². The number of rotatable bonds is 5. The van der Waals surface area contributed by atoms with Crippen molar-refractivity contribution in [2.45, 2.75) is 19.4 Å². The maximum absolute atomic E-state index is 13.0. The van der Waals surface area contributed by atoms with Gasteiger partial charge in [-0.05, 0) is 18.4 Å². The second-order valence-corrected chi connectivity index (χ2v) is 7.54. The zero-order valence-electron chi connectivity index (χ0n) is 16.9. The molecule has 1 saturated heterocycles. The molecular formula is C22H23N3O6. The average Bonchev–Trinajstić information content (AvgIpc) is 2.82. The SMILES string of the molecule is O=C(NCc1ccccc1)C1CCN(C(=O)c2cc3c(cc2[N+](=O)[O-])OCCO3)CC1. The quantitative estimate of drug-likeness (QED) is 0.582. The first-order valence-electron chi connectivity index (χ1n) is 10.2. The first-order valence-corrected chi connectivity index (χ1v) is 10.2. The van der Waals surface area contributed by atoms with E-state index in [0.29, 0.717) is 51.4 Å². The van der Waals surface area contributed by atoms with Crippen LogP contribution in [0.2, 0.25) is 0 Å². The smallest absolute Gasteiger partial charge is 0.286 e. The van der Waals surface area contributed by atoms with E-state index in [4.69, 9.17) is 9.47 Å². The van der Waals surface area contributed by atoms with E-state index in [1.807, 2.05) is 30.3 Å². The van der Waals surface area contributed by atoms with E-state index < -0.39 is 10.8 Å². The van der Waals surface area contributed by atoms with Gasteiger partial charge in [0.15, 0.2) is 11.5 Å². The van der Waals surface area contributed by atoms with Crippen molar-refractivity contribution in [2.75, 3.05) is 26.3 Å². The zero-order chi connectivity index (χ0) is 21.8. The lowest BCUT2D eigenvalue weighted by Gasteiger charge is -2.31. The van der Waals surface area contributed by atoms with Gasteiger partial charge in [0, 0.05) is 31.6 Å². The van der Waals surface area contributed by atoms with Gasteiger partial charge in [0.25, 0.3) is 11.6 Å². The van der Waals surface area contributed by atoms with Crippen LogP contribution >= 0.6 is 0 Å². The molecule has 9 heteroatoms. The fourth-order valence-corrected chi connectivity index (χ4v) is 3.84. The number of benzene rings is 2. The van der Waals surface area contributed by atoms with Crippen molar-refractivity contribution in [3.8, 4) is 11.5 Å². The Kier molecular flexibility index (Phi) is 6.01. The molecule has 9 nitrogen and oxygen atoms in total. The summed E-state index contributed by atoms with van der Waals surface area (Å²) in [5.41, 5.74) is 0.688. The van der Waals surface area contributed by atoms with Crippen molar-refractivity contribution in [3.05, 3.63) is 63.7 Å². The molecule has 0 bridgehead atoms. The zero-order valence-corrected chi connectivity index (χ0v) is 16.9. The molecule has 0 aromatic heterocycles. The highest BCUT2D eigenvalue weighted by Crippen LogP contribution is 2.37. The van der Waals surface area contributed by atoms with Gasteiger partial charge in [-0.25, -0.2) is 0 Å². The lowest BCUT2D eigenvalue weighted by Crippen LogP contribution is -2.43. The molecular weight excluding hydrogens is 402 g/mol. The third-order valence-corrected chi connectivity index (χ3v) is 5.55. The summed E-state index contributed by atoms with van der Waals surface area (Å²) in [6, 6.07) is 12.3. The summed E-state index contributed by atoms with van der Waals surface area (Å²) in [5, 5.41) is 14.5. The molecule has 0 radical (unpaired) electrons. The van der Waals surface area contributed by atoms with Gasteiger partial charge in [-0.1, -0.05) is 30.3 Å². The molecule has 0 spiro atoms. The number of amides is 2. The molecule has 4 rings (SSSR count). The Morgan fingerprint density at radius 3 is 2.35 bits per heavy atom. The van der Waals surface area contributed by atoms with Crippen molar-refractivity contribution < 1.29 is 24.0 Å². The monoisotopic (exact) mass is 425 g/mol. The van der Waals surface area contributed by atoms with Crippen LogP contribution in [-0.4, -0.2) is 47.9 Å². The largest absolute Gasteiger partial charge is 0.486 e. The van der Waals surface area contributed by atoms with Gasteiger partial charge in [-0.3, -0.25) is 19.7 Å². The Labute approximate surface area is 179 Å². The summed E-state index contributed by atoms with van der Waals surface area (Å²) in [4.78, 5) is 38.0. The number of carbonyl (C=O) groups excluding carboxylic acids is 2. The van der Waals surface area contributed by atoms with Gasteiger partial charge in [0.2, 0.25) is 5.91 Å². The lowest BCUT2D eigenvalue weighted by molar-refractivity contribution is -0.385. The van der Waals surface area contributed by atoms with E-state index in [1.54, 1.807) is 4.90 Å². The van der Waals surface area contributed by atoms with Crippen LogP contribution in [0.1, 0.15) is 28.8 Å². The molecule has 2 aromatic carbocycles. The second kappa shape index (κ2) is 9.03. The van der Waals surface area contributed by atoms with Crippen molar-refractivity contribution in [1.29, 1.82) is 0 Å². The standard InChI is InChI=1S/C22H23N3O6/c26-21(23-14-15-4-2-1-3-5-15)16-6-8-24(9-7-16)22(27)17-12-19-20(31-11-10-30-19)13-18(17)25(28)29/h1-5,12-13,16H,6-11,14H2,(H,23,26). The highest BCUT2D eigenvalue weighted by Gasteiger charge is 2.32. The molecule has 1 N–H and O–H groups in total. The summed E-state index contributed by atoms with van der Waals surface area (Å²) in [7, 11) is 0. The number of nitro benzene ring substituents is 1. The number of nitro groups is 1. The maximum Gasteiger partial charge on any atom is 0.286 e. The highest BCUT2D eigenvalue weighted by atomic mass is 16.6. The van der Waals surface area contributed by atoms with Gasteiger partial charge in [-0.15, -0.1) is 0 Å². The van der Waals surface area contributed by atoms with Crippen LogP contribution in [0.4, 0.5) is 5.69 Å². The van der Waals surface area contributed by atoms with Crippen LogP contribution in [0.15, 0.2) is 42.5 Å². The van der Waals surface area contributed by atoms with Gasteiger partial charge >= 0.3 is 0 Å². The number of hydrogen-bond donors (Lipinski definition) is 1. The number of nitrogens with one attached hydrogen (secondary N) is 1. The Morgan fingerprint density at radius 1 is 1.06 bits per heavy atom. The molecule has 2 aromatic rings. The number of ether oxygens (including phenoxy) is 2. The summed E-state index contributed by atoms with van der Waals surface area (Å²) in [6.07, 6.45) is 1.01. The van der Waals surface area contributed by atoms with E-state index >= 15 is 0 Å². The fourth-order valence-electron chi connectivity index (χ4n) is 3.84. The molecule has 2 amide bonds. The molecule has 0 saturated carbocycles. The van der Waals surface area contributed by atoms with Gasteiger partial charge < -0.3 is 19.7 Å². The van der Waals surface area contributed by atoms with Crippen molar-refractivity contribution >= 4 is 17.5 Å². The lowest BCUT2D eigenvalue weighted by atomic mass is 9.95. The Bertz CT molecular complexity index is 986. The summed E-state index contributed by atoms with van der Waals surface area (Å²) in [6.45, 7) is 1.79. The minimum absolute atomic E-state index is 0.0266. The number of nitrogens with zero attached hydrogens (tertiary/aromatic N) is 2. The predicted octanol–water partition coefficient (Wildman–Crippen LogP) is 2.53. The number of likely N-dealkylation sites (tertiary alicyclic amines) is 1. The Morgan fingerprint density at radius 2 is 1.71 bits per heavy atom. The molecule has 0 aliphatic carbocycles. The number of carbonyl (C=O) groups is 2. The van der Waals surface area contributed by atoms with Gasteiger partial charge in [0.05, 0.1) is 11.0 Å². The summed E-state index contributed by atoms with van der Waals surface area (Å²) in [5.74, 6) is -0.0743. The van der Waals surface area contributed by atoms with E-state index in [9.17, 15) is 19.7 Å². The highest BCUT2D eigenvalue weighted by molar-refractivity contribution is 5.99. The van der Waals surface area contributed by atoms with Gasteiger partial charge in [0.1, 0.15) is 18.8 Å². The molecule has 1 fully saturated rings. The first kappa shape index (κ1) is 20.6. The van der Waals surface area contributed by atoms with Crippen molar-refractivity contribution in [2.24, 2.45) is 5.92 Å². The molecule has 2 aliphatic heterocycles. The summed E-state index contributed by atoms with van der Waals surface area (Å²) >= 11 is 0. The predicted molar refractivity (Wildman–Crippen MR) is 111 cm³/mol. The normalized spacial score (nSPS) is 15.9. The van der Waals surface area contributed by atoms with Crippen molar-refractivity contribution in [1.82, 2.24) is 10.2 Å². The number of fused-ring (bicyclic) bond motifs is 1. The Balaban J connectivity index is 1.39. The van der Waals surface area contributed by atoms with Crippen LogP contribution in [0, 0.1) is 16.0 Å². The van der Waals surface area contributed by atoms with E-state index in [1.165, 1.54) is 12.1 Å². The molecule has 2 heterocycles. The minimum Gasteiger partial charge on any atom is -0.486 e. The molecule has 2 aliphatic rings. The number of piperidine rings is 1. The van der Waals surface area contributed by atoms with Crippen LogP contribution in [-0.2, 0) is 11.3 Å². The second-order valence-electron chi connectivity index (χ2n) is 7.54. The topological polar surface area (TPSA) is 111 Å². The average molecular weight is 425 g/mol. The third kappa shape index (κ3) is 4.60. The third-order valence-electron chi connectivity index (χ3n) is 5.55. The minimum atomic E-state index is -0.588. The first-order chi connectivity index (χ1) is 15.0. The maximum atomic E-state index is 13.0. The molecule has 31 heavy (non-hydrogen) atoms. The van der Waals surface area contributed by atoms with E-state index in [-0.39, 0.29) is 28.8 Å². The fraction of sp³-hybridized carbons (Fsp3) is 0.364. The molecule has 0 unspecified atom stereocenters. The van der Waals surface area contributed by atoms with Crippen LogP contribution in [0.25, 0.3) is 0 Å². The summed E-state index contributed by atoms with van der Waals surface area (Å²) < 4.78 is 10.9. The van der Waals surface area contributed by atoms with Crippen molar-refractivity contribution in [3.63, 3.8) is 0 Å². The molecule has 0 atom stereocenters. The Hall–Kier alpha value is -3.62. The van der Waals surface area contributed by atoms with Crippen LogP contribution in [0.5, 0.6) is 11.5 Å². The van der Waals surface area contributed by atoms with E-state index in [0.717, 1.165) is 5.56 Å². The van der Waals surface area contributed by atoms with E-state index in [2.05, 4.69) is 5.32 Å². The van der Waals surface area contributed by atoms with Crippen LogP contribution in [0.3, 0.4) is 0 Å².